The Labute approximate surface area is 182 Å². The van der Waals surface area contributed by atoms with Crippen LogP contribution in [-0.4, -0.2) is 28.9 Å². The predicted octanol–water partition coefficient (Wildman–Crippen LogP) is 4.23. The number of aryl methyl sites for hydroxylation is 1. The average molecular weight is 423 g/mol. The Hall–Kier alpha value is -3.06. The van der Waals surface area contributed by atoms with Crippen LogP contribution in [0.5, 0.6) is 11.5 Å². The van der Waals surface area contributed by atoms with Crippen LogP contribution in [0.2, 0.25) is 0 Å². The molecule has 2 atom stereocenters. The van der Waals surface area contributed by atoms with Crippen molar-refractivity contribution in [3.63, 3.8) is 0 Å². The SMILES string of the molecule is COc1ccc(OC)c(N2C(=S)N[C@@H](c3ccccn3)[C@H]2c2cc(C)n(C)c2C)c1. The van der Waals surface area contributed by atoms with Crippen LogP contribution in [0.1, 0.15) is 34.7 Å². The van der Waals surface area contributed by atoms with Crippen LogP contribution in [-0.2, 0) is 7.05 Å². The van der Waals surface area contributed by atoms with E-state index in [9.17, 15) is 0 Å². The summed E-state index contributed by atoms with van der Waals surface area (Å²) in [5, 5.41) is 4.13. The second kappa shape index (κ2) is 7.99. The average Bonchev–Trinajstić information content (AvgIpc) is 3.24. The third kappa shape index (κ3) is 3.29. The molecule has 3 heterocycles. The van der Waals surface area contributed by atoms with Gasteiger partial charge in [0.05, 0.1) is 37.7 Å². The van der Waals surface area contributed by atoms with Gasteiger partial charge in [-0.2, -0.15) is 0 Å². The van der Waals surface area contributed by atoms with E-state index < -0.39 is 0 Å². The first-order chi connectivity index (χ1) is 14.5. The number of anilines is 1. The van der Waals surface area contributed by atoms with Crippen molar-refractivity contribution in [3.8, 4) is 11.5 Å². The normalized spacial score (nSPS) is 18.4. The Balaban J connectivity index is 1.92. The molecule has 1 aliphatic rings. The summed E-state index contributed by atoms with van der Waals surface area (Å²) in [5.74, 6) is 1.48. The van der Waals surface area contributed by atoms with Crippen LogP contribution in [0.15, 0.2) is 48.7 Å². The second-order valence-electron chi connectivity index (χ2n) is 7.42. The van der Waals surface area contributed by atoms with Crippen molar-refractivity contribution in [1.29, 1.82) is 0 Å². The first-order valence-corrected chi connectivity index (χ1v) is 10.2. The number of nitrogens with one attached hydrogen (secondary N) is 1. The Bertz CT molecular complexity index is 1080. The monoisotopic (exact) mass is 422 g/mol. The molecule has 156 valence electrons. The molecule has 1 N–H and O–H groups in total. The molecule has 0 radical (unpaired) electrons. The van der Waals surface area contributed by atoms with Gasteiger partial charge in [-0.3, -0.25) is 4.98 Å². The van der Waals surface area contributed by atoms with Crippen LogP contribution >= 0.6 is 12.2 Å². The fourth-order valence-electron chi connectivity index (χ4n) is 4.10. The molecule has 0 aliphatic carbocycles. The van der Waals surface area contributed by atoms with Gasteiger partial charge in [-0.25, -0.2) is 0 Å². The minimum absolute atomic E-state index is 0.0895. The molecule has 0 spiro atoms. The summed E-state index contributed by atoms with van der Waals surface area (Å²) in [4.78, 5) is 6.75. The Kier molecular flexibility index (Phi) is 5.39. The molecule has 1 aliphatic heterocycles. The zero-order valence-corrected chi connectivity index (χ0v) is 18.7. The van der Waals surface area contributed by atoms with E-state index in [1.165, 1.54) is 17.0 Å². The van der Waals surface area contributed by atoms with Crippen molar-refractivity contribution in [2.24, 2.45) is 7.05 Å². The number of hydrogen-bond acceptors (Lipinski definition) is 4. The van der Waals surface area contributed by atoms with Gasteiger partial charge in [0.25, 0.3) is 0 Å². The van der Waals surface area contributed by atoms with Crippen molar-refractivity contribution in [3.05, 3.63) is 71.3 Å². The maximum Gasteiger partial charge on any atom is 0.174 e. The van der Waals surface area contributed by atoms with Crippen LogP contribution in [0.3, 0.4) is 0 Å². The fourth-order valence-corrected chi connectivity index (χ4v) is 4.44. The Morgan fingerprint density at radius 1 is 1.07 bits per heavy atom. The third-order valence-corrected chi connectivity index (χ3v) is 6.19. The Morgan fingerprint density at radius 3 is 2.47 bits per heavy atom. The minimum atomic E-state index is -0.102. The molecule has 4 rings (SSSR count). The number of ether oxygens (including phenoxy) is 2. The van der Waals surface area contributed by atoms with Gasteiger partial charge in [0.2, 0.25) is 0 Å². The zero-order valence-electron chi connectivity index (χ0n) is 17.8. The molecule has 0 unspecified atom stereocenters. The maximum absolute atomic E-state index is 5.83. The van der Waals surface area contributed by atoms with Crippen LogP contribution in [0.4, 0.5) is 5.69 Å². The standard InChI is InChI=1S/C23H26N4O2S/c1-14-12-17(15(2)26(14)3)22-21(18-8-6-7-11-24-18)25-23(30)27(22)19-13-16(28-4)9-10-20(19)29-5/h6-13,21-22H,1-5H3,(H,25,30)/t21-,22+/m0/s1. The molecule has 1 aromatic carbocycles. The van der Waals surface area contributed by atoms with Crippen LogP contribution in [0, 0.1) is 13.8 Å². The minimum Gasteiger partial charge on any atom is -0.497 e. The van der Waals surface area contributed by atoms with Gasteiger partial charge in [-0.05, 0) is 62.0 Å². The van der Waals surface area contributed by atoms with E-state index in [1.54, 1.807) is 14.2 Å². The molecule has 0 amide bonds. The molecule has 2 aromatic heterocycles. The highest BCUT2D eigenvalue weighted by Gasteiger charge is 2.43. The van der Waals surface area contributed by atoms with E-state index in [0.29, 0.717) is 5.11 Å². The molecular weight excluding hydrogens is 396 g/mol. The van der Waals surface area contributed by atoms with Gasteiger partial charge in [-0.1, -0.05) is 6.07 Å². The Morgan fingerprint density at radius 2 is 1.87 bits per heavy atom. The first-order valence-electron chi connectivity index (χ1n) is 9.81. The highest BCUT2D eigenvalue weighted by atomic mass is 32.1. The lowest BCUT2D eigenvalue weighted by atomic mass is 9.96. The van der Waals surface area contributed by atoms with Crippen molar-refractivity contribution in [2.45, 2.75) is 25.9 Å². The summed E-state index contributed by atoms with van der Waals surface area (Å²) in [6.45, 7) is 4.25. The molecule has 1 fully saturated rings. The highest BCUT2D eigenvalue weighted by Crippen LogP contribution is 2.46. The summed E-state index contributed by atoms with van der Waals surface area (Å²) in [6, 6.07) is 13.8. The van der Waals surface area contributed by atoms with Crippen molar-refractivity contribution in [2.75, 3.05) is 19.1 Å². The third-order valence-electron chi connectivity index (χ3n) is 5.88. The van der Waals surface area contributed by atoms with Gasteiger partial charge in [-0.15, -0.1) is 0 Å². The van der Waals surface area contributed by atoms with E-state index in [4.69, 9.17) is 21.7 Å². The molecule has 1 saturated heterocycles. The van der Waals surface area contributed by atoms with E-state index in [0.717, 1.165) is 22.9 Å². The number of rotatable bonds is 5. The molecular formula is C23H26N4O2S. The number of hydrogen-bond donors (Lipinski definition) is 1. The second-order valence-corrected chi connectivity index (χ2v) is 7.81. The lowest BCUT2D eigenvalue weighted by Gasteiger charge is -2.29. The molecule has 3 aromatic rings. The number of methoxy groups -OCH3 is 2. The summed E-state index contributed by atoms with van der Waals surface area (Å²) < 4.78 is 13.4. The van der Waals surface area contributed by atoms with E-state index >= 15 is 0 Å². The number of benzene rings is 1. The lowest BCUT2D eigenvalue weighted by molar-refractivity contribution is 0.403. The summed E-state index contributed by atoms with van der Waals surface area (Å²) >= 11 is 5.83. The predicted molar refractivity (Wildman–Crippen MR) is 122 cm³/mol. The largest absolute Gasteiger partial charge is 0.497 e. The lowest BCUT2D eigenvalue weighted by Crippen LogP contribution is -2.30. The first kappa shape index (κ1) is 20.2. The van der Waals surface area contributed by atoms with Gasteiger partial charge in [0.15, 0.2) is 5.11 Å². The van der Waals surface area contributed by atoms with Crippen molar-refractivity contribution < 1.29 is 9.47 Å². The van der Waals surface area contributed by atoms with E-state index in [-0.39, 0.29) is 12.1 Å². The van der Waals surface area contributed by atoms with E-state index in [2.05, 4.69) is 46.7 Å². The molecule has 30 heavy (non-hydrogen) atoms. The zero-order chi connectivity index (χ0) is 21.4. The summed E-state index contributed by atoms with van der Waals surface area (Å²) in [6.07, 6.45) is 1.81. The highest BCUT2D eigenvalue weighted by molar-refractivity contribution is 7.80. The number of aromatic nitrogens is 2. The van der Waals surface area contributed by atoms with E-state index in [1.807, 2.05) is 42.6 Å². The van der Waals surface area contributed by atoms with Crippen molar-refractivity contribution >= 4 is 23.0 Å². The van der Waals surface area contributed by atoms with Crippen LogP contribution < -0.4 is 19.7 Å². The number of nitrogens with zero attached hydrogens (tertiary/aromatic N) is 3. The summed E-state index contributed by atoms with van der Waals surface area (Å²) in [5.41, 5.74) is 5.38. The smallest absolute Gasteiger partial charge is 0.174 e. The van der Waals surface area contributed by atoms with Gasteiger partial charge in [0.1, 0.15) is 11.5 Å². The topological polar surface area (TPSA) is 51.6 Å². The number of thiocarbonyl (C=S) groups is 1. The fraction of sp³-hybridized carbons (Fsp3) is 0.304. The van der Waals surface area contributed by atoms with Gasteiger partial charge in [0, 0.05) is 30.7 Å². The quantitative estimate of drug-likeness (QED) is 0.621. The van der Waals surface area contributed by atoms with Gasteiger partial charge >= 0.3 is 0 Å². The molecule has 7 heteroatoms. The molecule has 0 saturated carbocycles. The van der Waals surface area contributed by atoms with Crippen molar-refractivity contribution in [1.82, 2.24) is 14.9 Å². The summed E-state index contributed by atoms with van der Waals surface area (Å²) in [7, 11) is 5.41. The number of pyridine rings is 1. The van der Waals surface area contributed by atoms with Crippen LogP contribution in [0.25, 0.3) is 0 Å². The maximum atomic E-state index is 5.83. The van der Waals surface area contributed by atoms with Gasteiger partial charge < -0.3 is 24.3 Å². The molecule has 0 bridgehead atoms. The molecule has 6 nitrogen and oxygen atoms in total.